The first-order valence-corrected chi connectivity index (χ1v) is 6.74. The summed E-state index contributed by atoms with van der Waals surface area (Å²) in [4.78, 5) is 11.8. The highest BCUT2D eigenvalue weighted by Crippen LogP contribution is 2.40. The van der Waals surface area contributed by atoms with Gasteiger partial charge in [-0.3, -0.25) is 4.79 Å². The SMILES string of the molecule is CC(C)C(=O)Oc1cccc2c1Cc1ccccc1O2. The summed E-state index contributed by atoms with van der Waals surface area (Å²) in [6, 6.07) is 13.5. The van der Waals surface area contributed by atoms with Crippen LogP contribution in [0.2, 0.25) is 0 Å². The molecule has 1 aliphatic rings. The second-order valence-electron chi connectivity index (χ2n) is 5.20. The van der Waals surface area contributed by atoms with Gasteiger partial charge in [0.1, 0.15) is 17.2 Å². The molecule has 0 saturated carbocycles. The van der Waals surface area contributed by atoms with Gasteiger partial charge in [-0.15, -0.1) is 0 Å². The zero-order valence-corrected chi connectivity index (χ0v) is 11.6. The number of esters is 1. The predicted octanol–water partition coefficient (Wildman–Crippen LogP) is 3.94. The average Bonchev–Trinajstić information content (AvgIpc) is 2.45. The molecular formula is C17H16O3. The van der Waals surface area contributed by atoms with Crippen molar-refractivity contribution in [3.05, 3.63) is 53.6 Å². The smallest absolute Gasteiger partial charge is 0.313 e. The summed E-state index contributed by atoms with van der Waals surface area (Å²) in [5.41, 5.74) is 2.04. The van der Waals surface area contributed by atoms with Crippen LogP contribution in [0, 0.1) is 5.92 Å². The van der Waals surface area contributed by atoms with Gasteiger partial charge in [-0.2, -0.15) is 0 Å². The van der Waals surface area contributed by atoms with E-state index >= 15 is 0 Å². The molecule has 0 bridgehead atoms. The number of rotatable bonds is 2. The monoisotopic (exact) mass is 268 g/mol. The Hall–Kier alpha value is -2.29. The topological polar surface area (TPSA) is 35.5 Å². The minimum Gasteiger partial charge on any atom is -0.457 e. The van der Waals surface area contributed by atoms with Gasteiger partial charge in [0.15, 0.2) is 0 Å². The minimum absolute atomic E-state index is 0.150. The molecule has 3 nitrogen and oxygen atoms in total. The highest BCUT2D eigenvalue weighted by atomic mass is 16.5. The molecule has 2 aromatic rings. The van der Waals surface area contributed by atoms with E-state index in [0.29, 0.717) is 12.2 Å². The third kappa shape index (κ3) is 2.27. The summed E-state index contributed by atoms with van der Waals surface area (Å²) < 4.78 is 11.3. The molecule has 102 valence electrons. The van der Waals surface area contributed by atoms with E-state index in [1.54, 1.807) is 0 Å². The highest BCUT2D eigenvalue weighted by Gasteiger charge is 2.21. The van der Waals surface area contributed by atoms with Gasteiger partial charge >= 0.3 is 5.97 Å². The maximum Gasteiger partial charge on any atom is 0.313 e. The second-order valence-corrected chi connectivity index (χ2v) is 5.20. The van der Waals surface area contributed by atoms with E-state index < -0.39 is 0 Å². The summed E-state index contributed by atoms with van der Waals surface area (Å²) in [7, 11) is 0. The molecule has 0 spiro atoms. The van der Waals surface area contributed by atoms with E-state index in [0.717, 1.165) is 22.6 Å². The Bertz CT molecular complexity index is 659. The van der Waals surface area contributed by atoms with Crippen LogP contribution in [0.1, 0.15) is 25.0 Å². The van der Waals surface area contributed by atoms with Crippen molar-refractivity contribution in [2.45, 2.75) is 20.3 Å². The third-order valence-electron chi connectivity index (χ3n) is 3.33. The second kappa shape index (κ2) is 5.00. The minimum atomic E-state index is -0.225. The molecule has 20 heavy (non-hydrogen) atoms. The van der Waals surface area contributed by atoms with Gasteiger partial charge in [-0.25, -0.2) is 0 Å². The molecule has 0 amide bonds. The van der Waals surface area contributed by atoms with Gasteiger partial charge in [0.25, 0.3) is 0 Å². The summed E-state index contributed by atoms with van der Waals surface area (Å²) in [5.74, 6) is 1.85. The molecule has 3 heteroatoms. The lowest BCUT2D eigenvalue weighted by atomic mass is 9.99. The molecule has 0 atom stereocenters. The van der Waals surface area contributed by atoms with Crippen molar-refractivity contribution in [1.82, 2.24) is 0 Å². The Morgan fingerprint density at radius 2 is 1.85 bits per heavy atom. The molecular weight excluding hydrogens is 252 g/mol. The van der Waals surface area contributed by atoms with Crippen LogP contribution < -0.4 is 9.47 Å². The van der Waals surface area contributed by atoms with Crippen molar-refractivity contribution in [2.24, 2.45) is 5.92 Å². The fourth-order valence-electron chi connectivity index (χ4n) is 2.20. The van der Waals surface area contributed by atoms with E-state index in [2.05, 4.69) is 0 Å². The zero-order valence-electron chi connectivity index (χ0n) is 11.6. The number of carbonyl (C=O) groups is 1. The first-order chi connectivity index (χ1) is 9.65. The van der Waals surface area contributed by atoms with Gasteiger partial charge in [-0.1, -0.05) is 38.1 Å². The Morgan fingerprint density at radius 3 is 2.65 bits per heavy atom. The van der Waals surface area contributed by atoms with Crippen LogP contribution in [0.4, 0.5) is 0 Å². The summed E-state index contributed by atoms with van der Waals surface area (Å²) in [5, 5.41) is 0. The molecule has 2 aromatic carbocycles. The van der Waals surface area contributed by atoms with Crippen LogP contribution in [-0.2, 0) is 11.2 Å². The van der Waals surface area contributed by atoms with Crippen LogP contribution >= 0.6 is 0 Å². The van der Waals surface area contributed by atoms with Gasteiger partial charge in [0.05, 0.1) is 5.92 Å². The molecule has 0 aromatic heterocycles. The summed E-state index contributed by atoms with van der Waals surface area (Å²) in [6.07, 6.45) is 0.715. The van der Waals surface area contributed by atoms with E-state index in [4.69, 9.17) is 9.47 Å². The largest absolute Gasteiger partial charge is 0.457 e. The number of hydrogen-bond acceptors (Lipinski definition) is 3. The van der Waals surface area contributed by atoms with Crippen LogP contribution in [0.25, 0.3) is 0 Å². The van der Waals surface area contributed by atoms with Gasteiger partial charge < -0.3 is 9.47 Å². The van der Waals surface area contributed by atoms with Gasteiger partial charge in [-0.05, 0) is 23.8 Å². The first kappa shape index (κ1) is 12.7. The predicted molar refractivity (Wildman–Crippen MR) is 76.2 cm³/mol. The molecule has 1 aliphatic heterocycles. The number of hydrogen-bond donors (Lipinski definition) is 0. The van der Waals surface area contributed by atoms with E-state index in [-0.39, 0.29) is 11.9 Å². The number of carbonyl (C=O) groups excluding carboxylic acids is 1. The lowest BCUT2D eigenvalue weighted by Gasteiger charge is -2.22. The average molecular weight is 268 g/mol. The van der Waals surface area contributed by atoms with Crippen molar-refractivity contribution < 1.29 is 14.3 Å². The van der Waals surface area contributed by atoms with Crippen molar-refractivity contribution in [3.63, 3.8) is 0 Å². The van der Waals surface area contributed by atoms with Crippen molar-refractivity contribution in [2.75, 3.05) is 0 Å². The van der Waals surface area contributed by atoms with Gasteiger partial charge in [0.2, 0.25) is 0 Å². The first-order valence-electron chi connectivity index (χ1n) is 6.74. The van der Waals surface area contributed by atoms with Crippen molar-refractivity contribution in [1.29, 1.82) is 0 Å². The van der Waals surface area contributed by atoms with E-state index in [1.807, 2.05) is 56.3 Å². The van der Waals surface area contributed by atoms with E-state index in [1.165, 1.54) is 0 Å². The maximum atomic E-state index is 11.8. The Morgan fingerprint density at radius 1 is 1.10 bits per heavy atom. The zero-order chi connectivity index (χ0) is 14.1. The Balaban J connectivity index is 1.96. The van der Waals surface area contributed by atoms with Crippen LogP contribution in [0.3, 0.4) is 0 Å². The number of ether oxygens (including phenoxy) is 2. The quantitative estimate of drug-likeness (QED) is 0.521. The summed E-state index contributed by atoms with van der Waals surface area (Å²) >= 11 is 0. The molecule has 0 unspecified atom stereocenters. The maximum absolute atomic E-state index is 11.8. The van der Waals surface area contributed by atoms with Crippen LogP contribution in [0.5, 0.6) is 17.2 Å². The normalized spacial score (nSPS) is 12.3. The van der Waals surface area contributed by atoms with Gasteiger partial charge in [0, 0.05) is 12.0 Å². The number of benzene rings is 2. The Kier molecular flexibility index (Phi) is 3.18. The lowest BCUT2D eigenvalue weighted by Crippen LogP contribution is -2.16. The molecule has 0 fully saturated rings. The molecule has 0 radical (unpaired) electrons. The standard InChI is InChI=1S/C17H16O3/c1-11(2)17(18)20-16-9-5-8-15-13(16)10-12-6-3-4-7-14(12)19-15/h3-9,11H,10H2,1-2H3. The lowest BCUT2D eigenvalue weighted by molar-refractivity contribution is -0.137. The van der Waals surface area contributed by atoms with Crippen LogP contribution in [-0.4, -0.2) is 5.97 Å². The van der Waals surface area contributed by atoms with E-state index in [9.17, 15) is 4.79 Å². The summed E-state index contributed by atoms with van der Waals surface area (Å²) in [6.45, 7) is 3.65. The molecule has 1 heterocycles. The number of fused-ring (bicyclic) bond motifs is 2. The highest BCUT2D eigenvalue weighted by molar-refractivity contribution is 5.75. The third-order valence-corrected chi connectivity index (χ3v) is 3.33. The molecule has 0 N–H and O–H groups in total. The molecule has 0 saturated heterocycles. The fraction of sp³-hybridized carbons (Fsp3) is 0.235. The molecule has 0 aliphatic carbocycles. The van der Waals surface area contributed by atoms with Crippen LogP contribution in [0.15, 0.2) is 42.5 Å². The fourth-order valence-corrected chi connectivity index (χ4v) is 2.20. The molecule has 3 rings (SSSR count). The van der Waals surface area contributed by atoms with Crippen molar-refractivity contribution in [3.8, 4) is 17.2 Å². The Labute approximate surface area is 118 Å². The number of para-hydroxylation sites is 1. The van der Waals surface area contributed by atoms with Crippen molar-refractivity contribution >= 4 is 5.97 Å².